The van der Waals surface area contributed by atoms with Gasteiger partial charge in [-0.25, -0.2) is 0 Å². The van der Waals surface area contributed by atoms with Crippen molar-refractivity contribution < 1.29 is 10.2 Å². The monoisotopic (exact) mass is 277 g/mol. The van der Waals surface area contributed by atoms with E-state index in [1.807, 2.05) is 43.3 Å². The number of hydrogen-bond donors (Lipinski definition) is 2. The Morgan fingerprint density at radius 2 is 1.71 bits per heavy atom. The van der Waals surface area contributed by atoms with Crippen LogP contribution in [0.15, 0.2) is 60.9 Å². The molecule has 3 aromatic rings. The first kappa shape index (κ1) is 13.2. The Kier molecular flexibility index (Phi) is 3.32. The van der Waals surface area contributed by atoms with Gasteiger partial charge in [0.05, 0.1) is 5.56 Å². The Balaban J connectivity index is 2.22. The minimum Gasteiger partial charge on any atom is -0.507 e. The summed E-state index contributed by atoms with van der Waals surface area (Å²) in [5.74, 6) is 0.124. The van der Waals surface area contributed by atoms with Crippen LogP contribution in [0.5, 0.6) is 11.5 Å². The van der Waals surface area contributed by atoms with Crippen LogP contribution in [0.2, 0.25) is 0 Å². The van der Waals surface area contributed by atoms with E-state index < -0.39 is 0 Å². The quantitative estimate of drug-likeness (QED) is 0.740. The number of hydrogen-bond acceptors (Lipinski definition) is 3. The Bertz CT molecular complexity index is 782. The number of aromatic hydroxyl groups is 2. The van der Waals surface area contributed by atoms with Gasteiger partial charge >= 0.3 is 0 Å². The molecule has 1 heterocycles. The summed E-state index contributed by atoms with van der Waals surface area (Å²) in [7, 11) is 0. The van der Waals surface area contributed by atoms with Crippen molar-refractivity contribution in [3.05, 3.63) is 66.5 Å². The van der Waals surface area contributed by atoms with Crippen molar-refractivity contribution in [3.8, 4) is 33.8 Å². The van der Waals surface area contributed by atoms with E-state index >= 15 is 0 Å². The molecule has 0 fully saturated rings. The number of rotatable bonds is 2. The predicted molar refractivity (Wildman–Crippen MR) is 83.2 cm³/mol. The smallest absolute Gasteiger partial charge is 0.135 e. The van der Waals surface area contributed by atoms with Crippen molar-refractivity contribution in [2.45, 2.75) is 6.92 Å². The second kappa shape index (κ2) is 5.29. The first-order chi connectivity index (χ1) is 10.2. The standard InChI is InChI=1S/C18H15NO2/c1-12-4-2-5-13(10-12)17-16(20)8-7-15(18(17)21)14-6-3-9-19-11-14/h2-11,20-21H,1H3. The van der Waals surface area contributed by atoms with Gasteiger partial charge in [0.15, 0.2) is 0 Å². The molecule has 0 bridgehead atoms. The third-order valence-corrected chi connectivity index (χ3v) is 3.44. The van der Waals surface area contributed by atoms with Crippen LogP contribution >= 0.6 is 0 Å². The van der Waals surface area contributed by atoms with E-state index in [0.29, 0.717) is 11.1 Å². The van der Waals surface area contributed by atoms with Gasteiger partial charge in [-0.05, 0) is 30.7 Å². The molecule has 0 aliphatic rings. The van der Waals surface area contributed by atoms with Gasteiger partial charge in [0.25, 0.3) is 0 Å². The van der Waals surface area contributed by atoms with E-state index in [4.69, 9.17) is 0 Å². The third kappa shape index (κ3) is 2.46. The number of phenols is 2. The molecule has 0 aliphatic carbocycles. The summed E-state index contributed by atoms with van der Waals surface area (Å²) < 4.78 is 0. The highest BCUT2D eigenvalue weighted by molar-refractivity contribution is 5.85. The summed E-state index contributed by atoms with van der Waals surface area (Å²) in [6.45, 7) is 1.97. The molecule has 0 amide bonds. The van der Waals surface area contributed by atoms with Gasteiger partial charge in [0, 0.05) is 23.5 Å². The van der Waals surface area contributed by atoms with Crippen LogP contribution in [-0.4, -0.2) is 15.2 Å². The van der Waals surface area contributed by atoms with E-state index in [1.54, 1.807) is 24.5 Å². The number of benzene rings is 2. The molecule has 0 spiro atoms. The van der Waals surface area contributed by atoms with Crippen LogP contribution in [0.25, 0.3) is 22.3 Å². The van der Waals surface area contributed by atoms with Crippen LogP contribution in [0.3, 0.4) is 0 Å². The van der Waals surface area contributed by atoms with Crippen molar-refractivity contribution in [3.63, 3.8) is 0 Å². The van der Waals surface area contributed by atoms with Gasteiger partial charge in [-0.1, -0.05) is 35.9 Å². The van der Waals surface area contributed by atoms with Crippen molar-refractivity contribution >= 4 is 0 Å². The molecule has 1 aromatic heterocycles. The van der Waals surface area contributed by atoms with Gasteiger partial charge in [-0.15, -0.1) is 0 Å². The molecule has 104 valence electrons. The minimum absolute atomic E-state index is 0.0609. The van der Waals surface area contributed by atoms with Gasteiger partial charge in [0.1, 0.15) is 11.5 Å². The molecular formula is C18H15NO2. The number of aromatic nitrogens is 1. The van der Waals surface area contributed by atoms with E-state index in [0.717, 1.165) is 16.7 Å². The molecule has 3 nitrogen and oxygen atoms in total. The molecule has 3 heteroatoms. The molecule has 0 atom stereocenters. The normalized spacial score (nSPS) is 10.5. The van der Waals surface area contributed by atoms with E-state index in [2.05, 4.69) is 4.98 Å². The van der Waals surface area contributed by atoms with E-state index in [-0.39, 0.29) is 11.5 Å². The zero-order chi connectivity index (χ0) is 14.8. The molecule has 0 saturated carbocycles. The van der Waals surface area contributed by atoms with E-state index in [9.17, 15) is 10.2 Å². The zero-order valence-corrected chi connectivity index (χ0v) is 11.6. The second-order valence-electron chi connectivity index (χ2n) is 4.97. The lowest BCUT2D eigenvalue weighted by Crippen LogP contribution is -1.86. The number of nitrogens with zero attached hydrogens (tertiary/aromatic N) is 1. The molecule has 3 rings (SSSR count). The molecular weight excluding hydrogens is 262 g/mol. The highest BCUT2D eigenvalue weighted by atomic mass is 16.3. The van der Waals surface area contributed by atoms with Crippen molar-refractivity contribution in [2.24, 2.45) is 0 Å². The van der Waals surface area contributed by atoms with Crippen molar-refractivity contribution in [2.75, 3.05) is 0 Å². The number of phenolic OH excluding ortho intramolecular Hbond substituents is 2. The average molecular weight is 277 g/mol. The summed E-state index contributed by atoms with van der Waals surface area (Å²) >= 11 is 0. The van der Waals surface area contributed by atoms with Crippen LogP contribution in [0.4, 0.5) is 0 Å². The van der Waals surface area contributed by atoms with Gasteiger partial charge < -0.3 is 10.2 Å². The fourth-order valence-electron chi connectivity index (χ4n) is 2.42. The molecule has 21 heavy (non-hydrogen) atoms. The maximum Gasteiger partial charge on any atom is 0.135 e. The summed E-state index contributed by atoms with van der Waals surface area (Å²) in [6.07, 6.45) is 3.37. The largest absolute Gasteiger partial charge is 0.507 e. The summed E-state index contributed by atoms with van der Waals surface area (Å²) in [6, 6.07) is 14.7. The van der Waals surface area contributed by atoms with Crippen LogP contribution in [-0.2, 0) is 0 Å². The summed E-state index contributed by atoms with van der Waals surface area (Å²) in [4.78, 5) is 4.07. The minimum atomic E-state index is 0.0609. The predicted octanol–water partition coefficient (Wildman–Crippen LogP) is 4.14. The molecule has 0 aliphatic heterocycles. The molecule has 2 N–H and O–H groups in total. The first-order valence-corrected chi connectivity index (χ1v) is 6.69. The van der Waals surface area contributed by atoms with Gasteiger partial charge in [0.2, 0.25) is 0 Å². The average Bonchev–Trinajstić information content (AvgIpc) is 2.48. The van der Waals surface area contributed by atoms with Crippen LogP contribution < -0.4 is 0 Å². The second-order valence-corrected chi connectivity index (χ2v) is 4.97. The Hall–Kier alpha value is -2.81. The van der Waals surface area contributed by atoms with Crippen molar-refractivity contribution in [1.82, 2.24) is 4.98 Å². The lowest BCUT2D eigenvalue weighted by molar-refractivity contribution is 0.455. The fourth-order valence-corrected chi connectivity index (χ4v) is 2.42. The Labute approximate surface area is 123 Å². The molecule has 0 unspecified atom stereocenters. The van der Waals surface area contributed by atoms with Crippen LogP contribution in [0, 0.1) is 6.92 Å². The number of aryl methyl sites for hydroxylation is 1. The van der Waals surface area contributed by atoms with Crippen molar-refractivity contribution in [1.29, 1.82) is 0 Å². The number of pyridine rings is 1. The first-order valence-electron chi connectivity index (χ1n) is 6.69. The van der Waals surface area contributed by atoms with Gasteiger partial charge in [-0.2, -0.15) is 0 Å². The fraction of sp³-hybridized carbons (Fsp3) is 0.0556. The molecule has 2 aromatic carbocycles. The van der Waals surface area contributed by atoms with Crippen LogP contribution in [0.1, 0.15) is 5.56 Å². The zero-order valence-electron chi connectivity index (χ0n) is 11.6. The topological polar surface area (TPSA) is 53.4 Å². The highest BCUT2D eigenvalue weighted by Gasteiger charge is 2.15. The molecule has 0 radical (unpaired) electrons. The lowest BCUT2D eigenvalue weighted by Gasteiger charge is -2.12. The summed E-state index contributed by atoms with van der Waals surface area (Å²) in [5.41, 5.74) is 3.76. The van der Waals surface area contributed by atoms with E-state index in [1.165, 1.54) is 0 Å². The Morgan fingerprint density at radius 1 is 0.905 bits per heavy atom. The third-order valence-electron chi connectivity index (χ3n) is 3.44. The van der Waals surface area contributed by atoms with Gasteiger partial charge in [-0.3, -0.25) is 4.98 Å². The highest BCUT2D eigenvalue weighted by Crippen LogP contribution is 2.43. The maximum absolute atomic E-state index is 10.6. The lowest BCUT2D eigenvalue weighted by atomic mass is 9.96. The maximum atomic E-state index is 10.6. The summed E-state index contributed by atoms with van der Waals surface area (Å²) in [5, 5.41) is 20.7. The SMILES string of the molecule is Cc1cccc(-c2c(O)ccc(-c3cccnc3)c2O)c1. The Morgan fingerprint density at radius 3 is 2.43 bits per heavy atom. The molecule has 0 saturated heterocycles.